The summed E-state index contributed by atoms with van der Waals surface area (Å²) in [4.78, 5) is 0. The van der Waals surface area contributed by atoms with E-state index < -0.39 is 5.82 Å². The zero-order chi connectivity index (χ0) is 13.1. The lowest BCUT2D eigenvalue weighted by molar-refractivity contribution is 0.299. The minimum Gasteiger partial charge on any atom is -0.487 e. The Bertz CT molecular complexity index is 594. The Morgan fingerprint density at radius 2 is 2.22 bits per heavy atom. The summed E-state index contributed by atoms with van der Waals surface area (Å²) in [5.41, 5.74) is 1.44. The molecule has 2 aromatic rings. The van der Waals surface area contributed by atoms with Gasteiger partial charge >= 0.3 is 0 Å². The third-order valence-corrected chi connectivity index (χ3v) is 2.64. The molecular weight excluding hydrogens is 235 g/mol. The Morgan fingerprint density at radius 3 is 2.83 bits per heavy atom. The monoisotopic (exact) mass is 246 g/mol. The van der Waals surface area contributed by atoms with Crippen LogP contribution in [0.15, 0.2) is 22.7 Å². The minimum absolute atomic E-state index is 0.0933. The average molecular weight is 246 g/mol. The van der Waals surface area contributed by atoms with E-state index in [4.69, 9.17) is 14.5 Å². The molecule has 0 saturated carbocycles. The number of hydrogen-bond donors (Lipinski definition) is 0. The number of ether oxygens (including phenoxy) is 1. The molecule has 0 aliphatic heterocycles. The first kappa shape index (κ1) is 12.1. The Balaban J connectivity index is 2.22. The van der Waals surface area contributed by atoms with Gasteiger partial charge in [-0.3, -0.25) is 0 Å². The molecule has 5 heteroatoms. The predicted octanol–water partition coefficient (Wildman–Crippen LogP) is 2.88. The average Bonchev–Trinajstić information content (AvgIpc) is 2.67. The van der Waals surface area contributed by atoms with Gasteiger partial charge in [0.1, 0.15) is 35.6 Å². The fourth-order valence-electron chi connectivity index (χ4n) is 1.59. The van der Waals surface area contributed by atoms with Gasteiger partial charge in [0.2, 0.25) is 0 Å². The molecule has 2 rings (SSSR count). The van der Waals surface area contributed by atoms with Crippen LogP contribution in [0.25, 0.3) is 0 Å². The molecule has 4 nitrogen and oxygen atoms in total. The van der Waals surface area contributed by atoms with E-state index in [1.807, 2.05) is 0 Å². The molecular formula is C13H11FN2O2. The van der Waals surface area contributed by atoms with E-state index in [1.54, 1.807) is 26.0 Å². The van der Waals surface area contributed by atoms with E-state index in [-0.39, 0.29) is 17.9 Å². The van der Waals surface area contributed by atoms with Crippen LogP contribution >= 0.6 is 0 Å². The van der Waals surface area contributed by atoms with Gasteiger partial charge in [-0.15, -0.1) is 0 Å². The lowest BCUT2D eigenvalue weighted by Gasteiger charge is -2.07. The highest BCUT2D eigenvalue weighted by molar-refractivity contribution is 5.44. The van der Waals surface area contributed by atoms with Crippen molar-refractivity contribution < 1.29 is 13.7 Å². The van der Waals surface area contributed by atoms with E-state index in [9.17, 15) is 4.39 Å². The number of aryl methyl sites for hydroxylation is 2. The van der Waals surface area contributed by atoms with Crippen molar-refractivity contribution in [3.05, 3.63) is 46.6 Å². The van der Waals surface area contributed by atoms with E-state index in [1.165, 1.54) is 12.1 Å². The fourth-order valence-corrected chi connectivity index (χ4v) is 1.59. The van der Waals surface area contributed by atoms with Crippen molar-refractivity contribution in [2.45, 2.75) is 20.5 Å². The molecule has 0 saturated heterocycles. The topological polar surface area (TPSA) is 59.1 Å². The molecule has 0 bridgehead atoms. The van der Waals surface area contributed by atoms with Crippen LogP contribution in [0.5, 0.6) is 5.75 Å². The van der Waals surface area contributed by atoms with Crippen molar-refractivity contribution in [2.24, 2.45) is 0 Å². The van der Waals surface area contributed by atoms with Crippen molar-refractivity contribution in [1.82, 2.24) is 5.16 Å². The standard InChI is InChI=1S/C13H11FN2O2/c1-8-11(9(2)18-16-8)7-17-13-5-3-4-12(14)10(13)6-15/h3-5H,7H2,1-2H3. The molecule has 0 amide bonds. The Kier molecular flexibility index (Phi) is 3.28. The second kappa shape index (κ2) is 4.88. The van der Waals surface area contributed by atoms with Crippen LogP contribution in [-0.2, 0) is 6.61 Å². The maximum Gasteiger partial charge on any atom is 0.144 e. The number of rotatable bonds is 3. The SMILES string of the molecule is Cc1noc(C)c1COc1cccc(F)c1C#N. The van der Waals surface area contributed by atoms with Gasteiger partial charge in [-0.2, -0.15) is 5.26 Å². The van der Waals surface area contributed by atoms with Crippen LogP contribution in [0.1, 0.15) is 22.6 Å². The quantitative estimate of drug-likeness (QED) is 0.835. The van der Waals surface area contributed by atoms with Crippen molar-refractivity contribution in [3.8, 4) is 11.8 Å². The van der Waals surface area contributed by atoms with Gasteiger partial charge in [0, 0.05) is 0 Å². The zero-order valence-corrected chi connectivity index (χ0v) is 10.0. The smallest absolute Gasteiger partial charge is 0.144 e. The second-order valence-electron chi connectivity index (χ2n) is 3.82. The number of aromatic nitrogens is 1. The summed E-state index contributed by atoms with van der Waals surface area (Å²) >= 11 is 0. The Labute approximate surface area is 104 Å². The van der Waals surface area contributed by atoms with Gasteiger partial charge in [-0.1, -0.05) is 11.2 Å². The van der Waals surface area contributed by atoms with Crippen LogP contribution in [0, 0.1) is 31.0 Å². The molecule has 0 aliphatic rings. The van der Waals surface area contributed by atoms with E-state index in [0.29, 0.717) is 5.76 Å². The zero-order valence-electron chi connectivity index (χ0n) is 10.0. The molecule has 18 heavy (non-hydrogen) atoms. The van der Waals surface area contributed by atoms with Gasteiger partial charge in [-0.05, 0) is 26.0 Å². The first-order valence-electron chi connectivity index (χ1n) is 5.36. The lowest BCUT2D eigenvalue weighted by atomic mass is 10.2. The van der Waals surface area contributed by atoms with Crippen molar-refractivity contribution >= 4 is 0 Å². The van der Waals surface area contributed by atoms with Gasteiger partial charge in [0.05, 0.1) is 11.3 Å². The molecule has 0 N–H and O–H groups in total. The van der Waals surface area contributed by atoms with Crippen molar-refractivity contribution in [1.29, 1.82) is 5.26 Å². The van der Waals surface area contributed by atoms with Crippen LogP contribution in [0.3, 0.4) is 0 Å². The number of nitrogens with zero attached hydrogens (tertiary/aromatic N) is 2. The molecule has 1 aromatic carbocycles. The number of halogens is 1. The number of benzene rings is 1. The van der Waals surface area contributed by atoms with E-state index in [2.05, 4.69) is 5.16 Å². The Morgan fingerprint density at radius 1 is 1.44 bits per heavy atom. The lowest BCUT2D eigenvalue weighted by Crippen LogP contribution is -2.00. The molecule has 0 fully saturated rings. The summed E-state index contributed by atoms with van der Waals surface area (Å²) in [7, 11) is 0. The second-order valence-corrected chi connectivity index (χ2v) is 3.82. The summed E-state index contributed by atoms with van der Waals surface area (Å²) < 4.78 is 23.8. The summed E-state index contributed by atoms with van der Waals surface area (Å²) in [5.74, 6) is 0.286. The minimum atomic E-state index is -0.589. The molecule has 1 heterocycles. The van der Waals surface area contributed by atoms with E-state index >= 15 is 0 Å². The summed E-state index contributed by atoms with van der Waals surface area (Å²) in [6.07, 6.45) is 0. The first-order valence-corrected chi connectivity index (χ1v) is 5.36. The molecule has 0 spiro atoms. The molecule has 1 aromatic heterocycles. The molecule has 92 valence electrons. The molecule has 0 aliphatic carbocycles. The van der Waals surface area contributed by atoms with Crippen LogP contribution in [0.4, 0.5) is 4.39 Å². The third-order valence-electron chi connectivity index (χ3n) is 2.64. The highest BCUT2D eigenvalue weighted by atomic mass is 19.1. The highest BCUT2D eigenvalue weighted by Crippen LogP contribution is 2.22. The van der Waals surface area contributed by atoms with Gasteiger partial charge in [0.25, 0.3) is 0 Å². The van der Waals surface area contributed by atoms with Crippen LogP contribution in [0.2, 0.25) is 0 Å². The Hall–Kier alpha value is -2.35. The molecule has 0 unspecified atom stereocenters. The van der Waals surface area contributed by atoms with Crippen molar-refractivity contribution in [2.75, 3.05) is 0 Å². The first-order chi connectivity index (χ1) is 8.63. The summed E-state index contributed by atoms with van der Waals surface area (Å²) in [5, 5.41) is 12.7. The maximum atomic E-state index is 13.3. The van der Waals surface area contributed by atoms with Gasteiger partial charge in [0.15, 0.2) is 0 Å². The number of hydrogen-bond acceptors (Lipinski definition) is 4. The third kappa shape index (κ3) is 2.18. The largest absolute Gasteiger partial charge is 0.487 e. The van der Waals surface area contributed by atoms with E-state index in [0.717, 1.165) is 11.3 Å². The molecule has 0 atom stereocenters. The summed E-state index contributed by atoms with van der Waals surface area (Å²) in [6.45, 7) is 3.76. The van der Waals surface area contributed by atoms with Gasteiger partial charge in [-0.25, -0.2) is 4.39 Å². The van der Waals surface area contributed by atoms with Gasteiger partial charge < -0.3 is 9.26 Å². The number of nitriles is 1. The predicted molar refractivity (Wildman–Crippen MR) is 61.4 cm³/mol. The van der Waals surface area contributed by atoms with Crippen molar-refractivity contribution in [3.63, 3.8) is 0 Å². The summed E-state index contributed by atoms with van der Waals surface area (Å²) in [6, 6.07) is 6.06. The maximum absolute atomic E-state index is 13.3. The highest BCUT2D eigenvalue weighted by Gasteiger charge is 2.12. The normalized spacial score (nSPS) is 10.1. The fraction of sp³-hybridized carbons (Fsp3) is 0.231. The van der Waals surface area contributed by atoms with Crippen LogP contribution < -0.4 is 4.74 Å². The van der Waals surface area contributed by atoms with Crippen LogP contribution in [-0.4, -0.2) is 5.16 Å². The molecule has 0 radical (unpaired) electrons.